The molecule has 4 rings (SSSR count). The van der Waals surface area contributed by atoms with Crippen LogP contribution in [0.5, 0.6) is 0 Å². The van der Waals surface area contributed by atoms with Crippen molar-refractivity contribution in [1.29, 1.82) is 0 Å². The first-order valence-electron chi connectivity index (χ1n) is 13.9. The van der Waals surface area contributed by atoms with Gasteiger partial charge in [0.1, 0.15) is 11.9 Å². The van der Waals surface area contributed by atoms with Crippen LogP contribution in [0.4, 0.5) is 21.5 Å². The number of benzene rings is 4. The first-order chi connectivity index (χ1) is 20.7. The quantitative estimate of drug-likeness (QED) is 0.0559. The average Bonchev–Trinajstić information content (AvgIpc) is 3.01. The third-order valence-corrected chi connectivity index (χ3v) is 8.12. The number of ether oxygens (including phenoxy) is 1. The maximum atomic E-state index is 13.5. The summed E-state index contributed by atoms with van der Waals surface area (Å²) in [5, 5.41) is 13.1. The summed E-state index contributed by atoms with van der Waals surface area (Å²) in [4.78, 5) is 19.4. The molecule has 3 atom stereocenters. The normalized spacial score (nSPS) is 13.4. The molecule has 0 aliphatic carbocycles. The Balaban J connectivity index is 1.63. The number of nitrogens with one attached hydrogen (secondary N) is 1. The molecule has 0 saturated heterocycles. The van der Waals surface area contributed by atoms with E-state index in [-0.39, 0.29) is 17.7 Å². The number of carbonyl (C=O) groups excluding carboxylic acids is 1. The van der Waals surface area contributed by atoms with E-state index in [4.69, 9.17) is 21.1 Å². The van der Waals surface area contributed by atoms with Crippen LogP contribution in [0.2, 0.25) is 0 Å². The van der Waals surface area contributed by atoms with Gasteiger partial charge in [0, 0.05) is 42.3 Å². The van der Waals surface area contributed by atoms with E-state index in [1.54, 1.807) is 25.3 Å². The highest BCUT2D eigenvalue weighted by Gasteiger charge is 2.29. The fourth-order valence-corrected chi connectivity index (χ4v) is 5.77. The zero-order valence-electron chi connectivity index (χ0n) is 24.2. The lowest BCUT2D eigenvalue weighted by atomic mass is 9.86. The van der Waals surface area contributed by atoms with Gasteiger partial charge in [0.25, 0.3) is 5.91 Å². The molecule has 0 aromatic heterocycles. The fourth-order valence-electron chi connectivity index (χ4n) is 4.71. The Morgan fingerprint density at radius 1 is 0.977 bits per heavy atom. The number of amides is 1. The third kappa shape index (κ3) is 9.28. The summed E-state index contributed by atoms with van der Waals surface area (Å²) in [6, 6.07) is 28.5. The van der Waals surface area contributed by atoms with Crippen molar-refractivity contribution in [3.05, 3.63) is 120 Å². The van der Waals surface area contributed by atoms with E-state index in [1.165, 1.54) is 24.1 Å². The summed E-state index contributed by atoms with van der Waals surface area (Å²) in [6.07, 6.45) is -0.210. The molecule has 4 aromatic carbocycles. The second-order valence-electron chi connectivity index (χ2n) is 10.3. The van der Waals surface area contributed by atoms with Gasteiger partial charge in [-0.3, -0.25) is 10.1 Å². The molecular weight excluding hydrogens is 567 g/mol. The molecule has 0 radical (unpaired) electrons. The van der Waals surface area contributed by atoms with Gasteiger partial charge >= 0.3 is 0 Å². The van der Waals surface area contributed by atoms with Gasteiger partial charge in [-0.1, -0.05) is 42.5 Å². The second-order valence-corrected chi connectivity index (χ2v) is 11.5. The second kappa shape index (κ2) is 15.5. The van der Waals surface area contributed by atoms with Gasteiger partial charge in [0.15, 0.2) is 0 Å². The minimum Gasteiger partial charge on any atom is -0.399 e. The summed E-state index contributed by atoms with van der Waals surface area (Å²) < 4.78 is 21.2. The number of anilines is 3. The van der Waals surface area contributed by atoms with Crippen molar-refractivity contribution in [1.82, 2.24) is 4.31 Å². The summed E-state index contributed by atoms with van der Waals surface area (Å²) in [7, 11) is 1.66. The lowest BCUT2D eigenvalue weighted by Gasteiger charge is -2.31. The molecule has 0 aliphatic heterocycles. The molecule has 8 nitrogen and oxygen atoms in total. The van der Waals surface area contributed by atoms with Gasteiger partial charge in [-0.15, -0.1) is 0 Å². The minimum absolute atomic E-state index is 0.0841. The fraction of sp³-hybridized carbons (Fsp3) is 0.242. The Hall–Kier alpha value is -3.93. The maximum Gasteiger partial charge on any atom is 0.255 e. The van der Waals surface area contributed by atoms with E-state index in [2.05, 4.69) is 9.62 Å². The number of nitrogen functional groups attached to an aromatic ring is 2. The van der Waals surface area contributed by atoms with Crippen molar-refractivity contribution in [3.63, 3.8) is 0 Å². The van der Waals surface area contributed by atoms with Crippen LogP contribution in [0.1, 0.15) is 34.3 Å². The number of nitrogens with zero attached hydrogens (tertiary/aromatic N) is 1. The van der Waals surface area contributed by atoms with Crippen LogP contribution in [-0.4, -0.2) is 47.9 Å². The zero-order valence-corrected chi connectivity index (χ0v) is 25.0. The Bertz CT molecular complexity index is 1480. The highest BCUT2D eigenvalue weighted by atomic mass is 32.2. The molecular formula is C33H37FN4O4S. The van der Waals surface area contributed by atoms with Gasteiger partial charge in [-0.05, 0) is 91.0 Å². The van der Waals surface area contributed by atoms with E-state index in [0.717, 1.165) is 22.1 Å². The first-order valence-corrected chi connectivity index (χ1v) is 14.6. The van der Waals surface area contributed by atoms with Crippen LogP contribution in [0.25, 0.3) is 0 Å². The monoisotopic (exact) mass is 604 g/mol. The molecule has 0 bridgehead atoms. The number of hydrogen-bond donors (Lipinski definition) is 4. The SMILES string of the molecule is COC(C)CN(CC(OO)C(Cc1ccccc1)c1cccc(C(=O)Nc2ccc(F)cc2N)c1)Sc1ccc(N)cc1. The molecule has 0 aliphatic rings. The lowest BCUT2D eigenvalue weighted by Crippen LogP contribution is -2.38. The molecule has 0 fully saturated rings. The number of rotatable bonds is 14. The van der Waals surface area contributed by atoms with Crippen molar-refractivity contribution >= 4 is 34.9 Å². The standard InChI is InChI=1S/C33H37FN4O4S/c1-22(41-2)20-38(43-28-14-12-27(35)13-15-28)21-32(42-40)29(17-23-7-4-3-5-8-23)24-9-6-10-25(18-24)33(39)37-31-16-11-26(34)19-30(31)36/h3-16,18-19,22,29,32,40H,17,20-21,35-36H2,1-2H3,(H,37,39). The highest BCUT2D eigenvalue weighted by molar-refractivity contribution is 7.97. The Morgan fingerprint density at radius 2 is 1.72 bits per heavy atom. The highest BCUT2D eigenvalue weighted by Crippen LogP contribution is 2.32. The molecule has 226 valence electrons. The minimum atomic E-state index is -0.670. The largest absolute Gasteiger partial charge is 0.399 e. The van der Waals surface area contributed by atoms with E-state index >= 15 is 0 Å². The van der Waals surface area contributed by atoms with Crippen molar-refractivity contribution in [2.75, 3.05) is 37.0 Å². The van der Waals surface area contributed by atoms with Crippen LogP contribution in [0.3, 0.4) is 0 Å². The molecule has 0 heterocycles. The van der Waals surface area contributed by atoms with E-state index < -0.39 is 17.8 Å². The molecule has 0 spiro atoms. The first kappa shape index (κ1) is 32.0. The molecule has 3 unspecified atom stereocenters. The average molecular weight is 605 g/mol. The van der Waals surface area contributed by atoms with Gasteiger partial charge in [0.2, 0.25) is 0 Å². The number of carbonyl (C=O) groups is 1. The van der Waals surface area contributed by atoms with Crippen molar-refractivity contribution in [2.45, 2.75) is 36.4 Å². The third-order valence-electron chi connectivity index (χ3n) is 7.08. The molecule has 43 heavy (non-hydrogen) atoms. The van der Waals surface area contributed by atoms with Gasteiger partial charge in [-0.25, -0.2) is 13.6 Å². The predicted octanol–water partition coefficient (Wildman–Crippen LogP) is 6.47. The van der Waals surface area contributed by atoms with Crippen LogP contribution in [0, 0.1) is 5.82 Å². The summed E-state index contributed by atoms with van der Waals surface area (Å²) in [5.41, 5.74) is 15.1. The number of halogens is 1. The number of hydrogen-bond acceptors (Lipinski definition) is 8. The topological polar surface area (TPSA) is 123 Å². The smallest absolute Gasteiger partial charge is 0.255 e. The van der Waals surface area contributed by atoms with Gasteiger partial charge < -0.3 is 21.5 Å². The molecule has 1 amide bonds. The summed E-state index contributed by atoms with van der Waals surface area (Å²) >= 11 is 1.52. The Labute approximate surface area is 255 Å². The maximum absolute atomic E-state index is 13.5. The van der Waals surface area contributed by atoms with E-state index in [1.807, 2.05) is 67.6 Å². The van der Waals surface area contributed by atoms with Crippen LogP contribution < -0.4 is 16.8 Å². The van der Waals surface area contributed by atoms with Crippen molar-refractivity contribution < 1.29 is 24.1 Å². The number of nitrogens with two attached hydrogens (primary N) is 2. The van der Waals surface area contributed by atoms with Gasteiger partial charge in [0.05, 0.1) is 17.5 Å². The molecule has 4 aromatic rings. The zero-order chi connectivity index (χ0) is 30.8. The van der Waals surface area contributed by atoms with Crippen LogP contribution >= 0.6 is 11.9 Å². The molecule has 6 N–H and O–H groups in total. The van der Waals surface area contributed by atoms with Crippen molar-refractivity contribution in [3.8, 4) is 0 Å². The van der Waals surface area contributed by atoms with E-state index in [9.17, 15) is 14.4 Å². The predicted molar refractivity (Wildman–Crippen MR) is 170 cm³/mol. The summed E-state index contributed by atoms with van der Waals surface area (Å²) in [5.74, 6) is -1.21. The molecule has 10 heteroatoms. The molecule has 0 saturated carbocycles. The Kier molecular flexibility index (Phi) is 11.5. The summed E-state index contributed by atoms with van der Waals surface area (Å²) in [6.45, 7) is 2.88. The van der Waals surface area contributed by atoms with Crippen LogP contribution in [0.15, 0.2) is 102 Å². The van der Waals surface area contributed by atoms with Crippen molar-refractivity contribution in [2.24, 2.45) is 0 Å². The lowest BCUT2D eigenvalue weighted by molar-refractivity contribution is -0.284. The number of methoxy groups -OCH3 is 1. The Morgan fingerprint density at radius 3 is 2.40 bits per heavy atom. The van der Waals surface area contributed by atoms with E-state index in [0.29, 0.717) is 36.4 Å². The van der Waals surface area contributed by atoms with Crippen LogP contribution in [-0.2, 0) is 16.0 Å². The van der Waals surface area contributed by atoms with Gasteiger partial charge in [-0.2, -0.15) is 0 Å².